The van der Waals surface area contributed by atoms with E-state index in [-0.39, 0.29) is 23.8 Å². The van der Waals surface area contributed by atoms with Gasteiger partial charge >= 0.3 is 0 Å². The molecule has 132 valence electrons. The van der Waals surface area contributed by atoms with E-state index < -0.39 is 0 Å². The highest BCUT2D eigenvalue weighted by Gasteiger charge is 2.41. The third kappa shape index (κ3) is 4.32. The van der Waals surface area contributed by atoms with Crippen molar-refractivity contribution in [3.05, 3.63) is 30.1 Å². The standard InChI is InChI=1S/C18H27N3O3/c1-23-11-8-20-18(22)15-6-10-24-17-5-9-21(13-16(15)17)12-14-4-2-3-7-19-14/h2-4,7,15-17H,5-6,8-13H2,1H3,(H,20,22)/t15-,16-,17-/m1/s1. The van der Waals surface area contributed by atoms with Crippen LogP contribution in [0.4, 0.5) is 0 Å². The molecule has 6 heteroatoms. The van der Waals surface area contributed by atoms with Gasteiger partial charge in [-0.2, -0.15) is 0 Å². The molecule has 6 nitrogen and oxygen atoms in total. The third-order valence-electron chi connectivity index (χ3n) is 5.01. The Balaban J connectivity index is 1.60. The number of carbonyl (C=O) groups is 1. The van der Waals surface area contributed by atoms with Crippen molar-refractivity contribution in [2.45, 2.75) is 25.5 Å². The van der Waals surface area contributed by atoms with Gasteiger partial charge < -0.3 is 14.8 Å². The zero-order chi connectivity index (χ0) is 16.8. The summed E-state index contributed by atoms with van der Waals surface area (Å²) in [7, 11) is 1.65. The van der Waals surface area contributed by atoms with Crippen molar-refractivity contribution >= 4 is 5.91 Å². The number of amides is 1. The average molecular weight is 333 g/mol. The molecule has 3 heterocycles. The van der Waals surface area contributed by atoms with Gasteiger partial charge in [0, 0.05) is 57.9 Å². The number of hydrogen-bond donors (Lipinski definition) is 1. The Labute approximate surface area is 143 Å². The maximum absolute atomic E-state index is 12.5. The smallest absolute Gasteiger partial charge is 0.223 e. The summed E-state index contributed by atoms with van der Waals surface area (Å²) in [5, 5.41) is 3.00. The van der Waals surface area contributed by atoms with Gasteiger partial charge in [0.1, 0.15) is 0 Å². The molecule has 0 spiro atoms. The molecule has 0 aliphatic carbocycles. The van der Waals surface area contributed by atoms with E-state index in [1.165, 1.54) is 0 Å². The predicted molar refractivity (Wildman–Crippen MR) is 90.4 cm³/mol. The number of nitrogens with one attached hydrogen (secondary N) is 1. The van der Waals surface area contributed by atoms with E-state index in [1.54, 1.807) is 7.11 Å². The molecule has 0 unspecified atom stereocenters. The van der Waals surface area contributed by atoms with Crippen molar-refractivity contribution < 1.29 is 14.3 Å². The van der Waals surface area contributed by atoms with Crippen molar-refractivity contribution in [1.29, 1.82) is 0 Å². The Kier molecular flexibility index (Phi) is 6.18. The lowest BCUT2D eigenvalue weighted by Gasteiger charge is -2.44. The van der Waals surface area contributed by atoms with Crippen LogP contribution in [0, 0.1) is 11.8 Å². The maximum atomic E-state index is 12.5. The van der Waals surface area contributed by atoms with Crippen LogP contribution < -0.4 is 5.32 Å². The van der Waals surface area contributed by atoms with Crippen LogP contribution in [-0.4, -0.2) is 61.9 Å². The molecule has 2 fully saturated rings. The van der Waals surface area contributed by atoms with Crippen LogP contribution in [-0.2, 0) is 20.8 Å². The second kappa shape index (κ2) is 8.55. The summed E-state index contributed by atoms with van der Waals surface area (Å²) >= 11 is 0. The molecule has 2 aliphatic heterocycles. The SMILES string of the molecule is COCCNC(=O)[C@@H]1CCO[C@@H]2CCN(Cc3ccccn3)C[C@@H]21. The summed E-state index contributed by atoms with van der Waals surface area (Å²) in [6.07, 6.45) is 3.83. The van der Waals surface area contributed by atoms with E-state index in [4.69, 9.17) is 9.47 Å². The minimum Gasteiger partial charge on any atom is -0.383 e. The first kappa shape index (κ1) is 17.3. The Hall–Kier alpha value is -1.50. The van der Waals surface area contributed by atoms with Crippen LogP contribution >= 0.6 is 0 Å². The number of hydrogen-bond acceptors (Lipinski definition) is 5. The summed E-state index contributed by atoms with van der Waals surface area (Å²) in [6, 6.07) is 6.01. The first-order valence-corrected chi connectivity index (χ1v) is 8.78. The Morgan fingerprint density at radius 3 is 3.17 bits per heavy atom. The monoisotopic (exact) mass is 333 g/mol. The van der Waals surface area contributed by atoms with Gasteiger partial charge in [-0.25, -0.2) is 0 Å². The summed E-state index contributed by atoms with van der Waals surface area (Å²) in [5.41, 5.74) is 1.08. The summed E-state index contributed by atoms with van der Waals surface area (Å²) in [5.74, 6) is 0.441. The third-order valence-corrected chi connectivity index (χ3v) is 5.01. The Bertz CT molecular complexity index is 526. The van der Waals surface area contributed by atoms with Crippen molar-refractivity contribution in [1.82, 2.24) is 15.2 Å². The number of nitrogens with zero attached hydrogens (tertiary/aromatic N) is 2. The highest BCUT2D eigenvalue weighted by Crippen LogP contribution is 2.33. The van der Waals surface area contributed by atoms with Gasteiger partial charge in [0.25, 0.3) is 0 Å². The fourth-order valence-electron chi connectivity index (χ4n) is 3.78. The van der Waals surface area contributed by atoms with E-state index in [0.29, 0.717) is 19.8 Å². The summed E-state index contributed by atoms with van der Waals surface area (Å²) < 4.78 is 11.0. The molecular weight excluding hydrogens is 306 g/mol. The largest absolute Gasteiger partial charge is 0.383 e. The van der Waals surface area contributed by atoms with E-state index in [0.717, 1.165) is 38.2 Å². The van der Waals surface area contributed by atoms with Gasteiger partial charge in [-0.3, -0.25) is 14.7 Å². The van der Waals surface area contributed by atoms with Crippen LogP contribution in [0.2, 0.25) is 0 Å². The number of likely N-dealkylation sites (tertiary alicyclic amines) is 1. The van der Waals surface area contributed by atoms with Crippen molar-refractivity contribution in [2.75, 3.05) is 40.0 Å². The highest BCUT2D eigenvalue weighted by molar-refractivity contribution is 5.79. The maximum Gasteiger partial charge on any atom is 0.223 e. The molecule has 0 saturated carbocycles. The lowest BCUT2D eigenvalue weighted by atomic mass is 9.79. The highest BCUT2D eigenvalue weighted by atomic mass is 16.5. The number of carbonyl (C=O) groups excluding carboxylic acids is 1. The first-order chi connectivity index (χ1) is 11.8. The van der Waals surface area contributed by atoms with Crippen LogP contribution in [0.15, 0.2) is 24.4 Å². The molecule has 1 aromatic rings. The van der Waals surface area contributed by atoms with Gasteiger partial charge in [0.05, 0.1) is 18.4 Å². The minimum absolute atomic E-state index is 0.0344. The zero-order valence-corrected chi connectivity index (χ0v) is 14.3. The molecule has 24 heavy (non-hydrogen) atoms. The second-order valence-corrected chi connectivity index (χ2v) is 6.60. The molecule has 3 rings (SSSR count). The van der Waals surface area contributed by atoms with Crippen LogP contribution in [0.5, 0.6) is 0 Å². The number of ether oxygens (including phenoxy) is 2. The molecule has 3 atom stereocenters. The molecule has 0 radical (unpaired) electrons. The van der Waals surface area contributed by atoms with Crippen LogP contribution in [0.1, 0.15) is 18.5 Å². The molecule has 1 N–H and O–H groups in total. The molecule has 0 bridgehead atoms. The van der Waals surface area contributed by atoms with E-state index >= 15 is 0 Å². The predicted octanol–water partition coefficient (Wildman–Crippen LogP) is 1.07. The van der Waals surface area contributed by atoms with Crippen molar-refractivity contribution in [3.63, 3.8) is 0 Å². The molecule has 2 saturated heterocycles. The summed E-state index contributed by atoms with van der Waals surface area (Å²) in [6.45, 7) is 4.53. The number of piperidine rings is 1. The van der Waals surface area contributed by atoms with Gasteiger partial charge in [0.2, 0.25) is 5.91 Å². The zero-order valence-electron chi connectivity index (χ0n) is 14.3. The van der Waals surface area contributed by atoms with Gasteiger partial charge in [-0.15, -0.1) is 0 Å². The Morgan fingerprint density at radius 1 is 1.46 bits per heavy atom. The molecule has 0 aromatic carbocycles. The Morgan fingerprint density at radius 2 is 2.38 bits per heavy atom. The molecule has 1 amide bonds. The molecule has 1 aromatic heterocycles. The number of pyridine rings is 1. The van der Waals surface area contributed by atoms with E-state index in [9.17, 15) is 4.79 Å². The normalized spacial score (nSPS) is 27.5. The number of rotatable bonds is 6. The van der Waals surface area contributed by atoms with Crippen LogP contribution in [0.3, 0.4) is 0 Å². The molecule has 2 aliphatic rings. The lowest BCUT2D eigenvalue weighted by Crippen LogP contribution is -2.53. The van der Waals surface area contributed by atoms with Crippen LogP contribution in [0.25, 0.3) is 0 Å². The summed E-state index contributed by atoms with van der Waals surface area (Å²) in [4.78, 5) is 19.4. The van der Waals surface area contributed by atoms with E-state index in [2.05, 4.69) is 21.3 Å². The minimum atomic E-state index is 0.0344. The fourth-order valence-corrected chi connectivity index (χ4v) is 3.78. The molecular formula is C18H27N3O3. The number of methoxy groups -OCH3 is 1. The van der Waals surface area contributed by atoms with Crippen molar-refractivity contribution in [2.24, 2.45) is 11.8 Å². The quantitative estimate of drug-likeness (QED) is 0.789. The van der Waals surface area contributed by atoms with E-state index in [1.807, 2.05) is 18.3 Å². The second-order valence-electron chi connectivity index (χ2n) is 6.60. The fraction of sp³-hybridized carbons (Fsp3) is 0.667. The topological polar surface area (TPSA) is 63.7 Å². The number of aromatic nitrogens is 1. The van der Waals surface area contributed by atoms with Gasteiger partial charge in [0.15, 0.2) is 0 Å². The lowest BCUT2D eigenvalue weighted by molar-refractivity contribution is -0.142. The van der Waals surface area contributed by atoms with Crippen molar-refractivity contribution in [3.8, 4) is 0 Å². The van der Waals surface area contributed by atoms with Gasteiger partial charge in [-0.1, -0.05) is 6.07 Å². The van der Waals surface area contributed by atoms with Gasteiger partial charge in [-0.05, 0) is 25.0 Å². The average Bonchev–Trinajstić information content (AvgIpc) is 2.62. The first-order valence-electron chi connectivity index (χ1n) is 8.78. The number of fused-ring (bicyclic) bond motifs is 1.